The Balaban J connectivity index is 2.69. The highest BCUT2D eigenvalue weighted by Gasteiger charge is 2.26. The summed E-state index contributed by atoms with van der Waals surface area (Å²) in [6.45, 7) is 3.54. The van der Waals surface area contributed by atoms with E-state index in [9.17, 15) is 9.90 Å². The molecule has 94 valence electrons. The lowest BCUT2D eigenvalue weighted by Gasteiger charge is -2.34. The normalized spacial score (nSPS) is 11.3. The number of aliphatic hydroxyl groups is 1. The lowest BCUT2D eigenvalue weighted by atomic mass is 10.0. The van der Waals surface area contributed by atoms with Gasteiger partial charge in [0.25, 0.3) is 0 Å². The van der Waals surface area contributed by atoms with Crippen molar-refractivity contribution in [2.45, 2.75) is 25.8 Å². The van der Waals surface area contributed by atoms with Crippen LogP contribution in [0.4, 0.5) is 0 Å². The van der Waals surface area contributed by atoms with Crippen LogP contribution in [0.5, 0.6) is 5.75 Å². The number of hydrogen-bond donors (Lipinski definition) is 2. The third-order valence-electron chi connectivity index (χ3n) is 2.96. The van der Waals surface area contributed by atoms with Crippen molar-refractivity contribution in [2.24, 2.45) is 0 Å². The second-order valence-corrected chi connectivity index (χ2v) is 4.77. The molecule has 0 radical (unpaired) electrons. The molecule has 0 aliphatic rings. The molecule has 0 aliphatic heterocycles. The molecule has 0 aliphatic carbocycles. The summed E-state index contributed by atoms with van der Waals surface area (Å²) in [5.74, 6) is 0.125. The van der Waals surface area contributed by atoms with Gasteiger partial charge in [-0.1, -0.05) is 12.1 Å². The van der Waals surface area contributed by atoms with Gasteiger partial charge in [-0.05, 0) is 31.5 Å². The highest BCUT2D eigenvalue weighted by Crippen LogP contribution is 2.15. The molecule has 0 unspecified atom stereocenters. The van der Waals surface area contributed by atoms with E-state index in [1.165, 1.54) is 0 Å². The van der Waals surface area contributed by atoms with E-state index < -0.39 is 5.54 Å². The first-order chi connectivity index (χ1) is 7.86. The number of amides is 1. The van der Waals surface area contributed by atoms with Gasteiger partial charge < -0.3 is 15.1 Å². The van der Waals surface area contributed by atoms with Crippen molar-refractivity contribution in [3.05, 3.63) is 29.8 Å². The molecule has 4 heteroatoms. The highest BCUT2D eigenvalue weighted by molar-refractivity contribution is 5.79. The molecule has 4 nitrogen and oxygen atoms in total. The van der Waals surface area contributed by atoms with E-state index in [1.807, 2.05) is 13.8 Å². The maximum absolute atomic E-state index is 12.0. The van der Waals surface area contributed by atoms with Crippen LogP contribution < -0.4 is 0 Å². The zero-order chi connectivity index (χ0) is 13.1. The van der Waals surface area contributed by atoms with Gasteiger partial charge in [0, 0.05) is 7.05 Å². The molecule has 0 heterocycles. The van der Waals surface area contributed by atoms with E-state index in [1.54, 1.807) is 36.2 Å². The molecule has 2 N–H and O–H groups in total. The van der Waals surface area contributed by atoms with Crippen molar-refractivity contribution in [2.75, 3.05) is 13.7 Å². The minimum Gasteiger partial charge on any atom is -0.508 e. The lowest BCUT2D eigenvalue weighted by molar-refractivity contribution is -0.135. The number of rotatable bonds is 4. The summed E-state index contributed by atoms with van der Waals surface area (Å²) in [5.41, 5.74) is 0.280. The Kier molecular flexibility index (Phi) is 4.12. The van der Waals surface area contributed by atoms with Crippen molar-refractivity contribution in [3.8, 4) is 5.75 Å². The van der Waals surface area contributed by atoms with E-state index in [0.717, 1.165) is 5.56 Å². The fourth-order valence-corrected chi connectivity index (χ4v) is 1.35. The number of aliphatic hydroxyl groups excluding tert-OH is 1. The van der Waals surface area contributed by atoms with Crippen molar-refractivity contribution in [3.63, 3.8) is 0 Å². The molecule has 0 saturated heterocycles. The van der Waals surface area contributed by atoms with Crippen LogP contribution in [0.3, 0.4) is 0 Å². The molecule has 0 saturated carbocycles. The van der Waals surface area contributed by atoms with E-state index >= 15 is 0 Å². The van der Waals surface area contributed by atoms with Gasteiger partial charge in [0.15, 0.2) is 0 Å². The van der Waals surface area contributed by atoms with Crippen LogP contribution in [0.15, 0.2) is 24.3 Å². The summed E-state index contributed by atoms with van der Waals surface area (Å²) in [6, 6.07) is 6.54. The maximum atomic E-state index is 12.0. The van der Waals surface area contributed by atoms with Crippen LogP contribution in [0.1, 0.15) is 19.4 Å². The molecule has 0 spiro atoms. The summed E-state index contributed by atoms with van der Waals surface area (Å²) in [6.07, 6.45) is 0.264. The average molecular weight is 237 g/mol. The van der Waals surface area contributed by atoms with Gasteiger partial charge in [0.05, 0.1) is 18.6 Å². The molecule has 17 heavy (non-hydrogen) atoms. The largest absolute Gasteiger partial charge is 0.508 e. The number of hydrogen-bond acceptors (Lipinski definition) is 3. The molecule has 1 aromatic rings. The molecule has 0 bridgehead atoms. The van der Waals surface area contributed by atoms with Crippen LogP contribution in [0, 0.1) is 0 Å². The number of carbonyl (C=O) groups excluding carboxylic acids is 1. The summed E-state index contributed by atoms with van der Waals surface area (Å²) < 4.78 is 0. The quantitative estimate of drug-likeness (QED) is 0.826. The molecular formula is C13H19NO3. The Morgan fingerprint density at radius 3 is 2.29 bits per heavy atom. The molecule has 1 aromatic carbocycles. The van der Waals surface area contributed by atoms with E-state index in [4.69, 9.17) is 5.11 Å². The highest BCUT2D eigenvalue weighted by atomic mass is 16.3. The summed E-state index contributed by atoms with van der Waals surface area (Å²) >= 11 is 0. The van der Waals surface area contributed by atoms with Crippen LogP contribution in [-0.2, 0) is 11.2 Å². The average Bonchev–Trinajstić information content (AvgIpc) is 2.31. The van der Waals surface area contributed by atoms with Gasteiger partial charge in [-0.15, -0.1) is 0 Å². The zero-order valence-electron chi connectivity index (χ0n) is 10.5. The predicted octanol–water partition coefficient (Wildman–Crippen LogP) is 1.16. The topological polar surface area (TPSA) is 60.8 Å². The van der Waals surface area contributed by atoms with Crippen molar-refractivity contribution >= 4 is 5.91 Å². The van der Waals surface area contributed by atoms with Crippen LogP contribution in [0.2, 0.25) is 0 Å². The minimum atomic E-state index is -0.562. The molecule has 0 fully saturated rings. The number of phenols is 1. The van der Waals surface area contributed by atoms with Crippen LogP contribution >= 0.6 is 0 Å². The lowest BCUT2D eigenvalue weighted by Crippen LogP contribution is -2.48. The third kappa shape index (κ3) is 3.46. The fraction of sp³-hybridized carbons (Fsp3) is 0.462. The summed E-state index contributed by atoms with van der Waals surface area (Å²) in [7, 11) is 1.68. The molecule has 0 atom stereocenters. The number of carbonyl (C=O) groups is 1. The number of aromatic hydroxyl groups is 1. The maximum Gasteiger partial charge on any atom is 0.227 e. The number of likely N-dealkylation sites (N-methyl/N-ethyl adjacent to an activating group) is 1. The van der Waals surface area contributed by atoms with Gasteiger partial charge >= 0.3 is 0 Å². The van der Waals surface area contributed by atoms with E-state index in [2.05, 4.69) is 0 Å². The molecule has 1 amide bonds. The van der Waals surface area contributed by atoms with E-state index in [-0.39, 0.29) is 24.7 Å². The second-order valence-electron chi connectivity index (χ2n) is 4.77. The van der Waals surface area contributed by atoms with Crippen molar-refractivity contribution in [1.29, 1.82) is 0 Å². The first-order valence-corrected chi connectivity index (χ1v) is 5.52. The smallest absolute Gasteiger partial charge is 0.227 e. The van der Waals surface area contributed by atoms with Gasteiger partial charge in [0.1, 0.15) is 5.75 Å². The van der Waals surface area contributed by atoms with Gasteiger partial charge in [0.2, 0.25) is 5.91 Å². The Labute approximate surface area is 101 Å². The van der Waals surface area contributed by atoms with Gasteiger partial charge in [-0.3, -0.25) is 4.79 Å². The molecular weight excluding hydrogens is 218 g/mol. The minimum absolute atomic E-state index is 0.0604. The molecule has 1 rings (SSSR count). The van der Waals surface area contributed by atoms with E-state index in [0.29, 0.717) is 0 Å². The van der Waals surface area contributed by atoms with Crippen molar-refractivity contribution in [1.82, 2.24) is 4.90 Å². The SMILES string of the molecule is CN(C(=O)Cc1ccc(O)cc1)C(C)(C)CO. The Morgan fingerprint density at radius 2 is 1.82 bits per heavy atom. The monoisotopic (exact) mass is 237 g/mol. The molecule has 0 aromatic heterocycles. The fourth-order valence-electron chi connectivity index (χ4n) is 1.35. The Morgan fingerprint density at radius 1 is 1.29 bits per heavy atom. The number of nitrogens with zero attached hydrogens (tertiary/aromatic N) is 1. The second kappa shape index (κ2) is 5.19. The van der Waals surface area contributed by atoms with Crippen LogP contribution in [-0.4, -0.2) is 40.2 Å². The summed E-state index contributed by atoms with van der Waals surface area (Å²) in [5, 5.41) is 18.3. The third-order valence-corrected chi connectivity index (χ3v) is 2.96. The van der Waals surface area contributed by atoms with Crippen molar-refractivity contribution < 1.29 is 15.0 Å². The number of benzene rings is 1. The number of phenolic OH excluding ortho intramolecular Hbond substituents is 1. The first-order valence-electron chi connectivity index (χ1n) is 5.52. The van der Waals surface area contributed by atoms with Gasteiger partial charge in [-0.25, -0.2) is 0 Å². The Bertz CT molecular complexity index is 384. The van der Waals surface area contributed by atoms with Gasteiger partial charge in [-0.2, -0.15) is 0 Å². The Hall–Kier alpha value is -1.55. The predicted molar refractivity (Wildman–Crippen MR) is 65.7 cm³/mol. The standard InChI is InChI=1S/C13H19NO3/c1-13(2,9-15)14(3)12(17)8-10-4-6-11(16)7-5-10/h4-7,15-16H,8-9H2,1-3H3. The van der Waals surface area contributed by atoms with Crippen LogP contribution in [0.25, 0.3) is 0 Å². The zero-order valence-corrected chi connectivity index (χ0v) is 10.5. The summed E-state index contributed by atoms with van der Waals surface area (Å²) in [4.78, 5) is 13.5. The first kappa shape index (κ1) is 13.5.